The zero-order valence-electron chi connectivity index (χ0n) is 15.8. The van der Waals surface area contributed by atoms with Gasteiger partial charge >= 0.3 is 0 Å². The first kappa shape index (κ1) is 16.9. The molecule has 1 heterocycles. The fourth-order valence-corrected chi connectivity index (χ4v) is 3.94. The molecule has 0 fully saturated rings. The van der Waals surface area contributed by atoms with Crippen LogP contribution in [0.5, 0.6) is 5.75 Å². The van der Waals surface area contributed by atoms with Crippen LogP contribution in [0.4, 0.5) is 0 Å². The number of fused-ring (bicyclic) bond motifs is 6. The van der Waals surface area contributed by atoms with Crippen molar-refractivity contribution >= 4 is 21.5 Å². The lowest BCUT2D eigenvalue weighted by molar-refractivity contribution is -0.0316. The number of rotatable bonds is 4. The highest BCUT2D eigenvalue weighted by molar-refractivity contribution is 6.07. The Kier molecular flexibility index (Phi) is 3.88. The van der Waals surface area contributed by atoms with E-state index in [-0.39, 0.29) is 0 Å². The summed E-state index contributed by atoms with van der Waals surface area (Å²) in [4.78, 5) is 10.1. The topological polar surface area (TPSA) is 43.2 Å². The van der Waals surface area contributed by atoms with E-state index in [1.807, 2.05) is 43.3 Å². The van der Waals surface area contributed by atoms with Gasteiger partial charge in [0.25, 0.3) is 5.85 Å². The predicted octanol–water partition coefficient (Wildman–Crippen LogP) is 4.10. The maximum atomic E-state index is 6.16. The van der Waals surface area contributed by atoms with Crippen molar-refractivity contribution in [2.45, 2.75) is 12.8 Å². The fourth-order valence-electron chi connectivity index (χ4n) is 3.94. The van der Waals surface area contributed by atoms with Crippen LogP contribution in [0.15, 0.2) is 82.8 Å². The summed E-state index contributed by atoms with van der Waals surface area (Å²) in [6, 6.07) is 24.5. The summed E-state index contributed by atoms with van der Waals surface area (Å²) in [5.74, 6) is -0.280. The monoisotopic (exact) mass is 368 g/mol. The number of hydrogen-bond donors (Lipinski definition) is 0. The van der Waals surface area contributed by atoms with Gasteiger partial charge in [0.15, 0.2) is 0 Å². The summed E-state index contributed by atoms with van der Waals surface area (Å²) in [5.41, 5.74) is 0.888. The first-order valence-corrected chi connectivity index (χ1v) is 9.43. The molecule has 5 rings (SSSR count). The molecule has 138 valence electrons. The Morgan fingerprint density at radius 3 is 1.68 bits per heavy atom. The third kappa shape index (κ3) is 2.42. The number of methoxy groups -OCH3 is 1. The van der Waals surface area contributed by atoms with Gasteiger partial charge in [-0.2, -0.15) is 0 Å². The summed E-state index contributed by atoms with van der Waals surface area (Å²) in [5, 5.41) is 6.32. The van der Waals surface area contributed by atoms with E-state index in [1.54, 1.807) is 7.11 Å². The molecule has 28 heavy (non-hydrogen) atoms. The van der Waals surface area contributed by atoms with E-state index in [0.717, 1.165) is 32.8 Å². The minimum atomic E-state index is -1.07. The molecule has 0 saturated carbocycles. The van der Waals surface area contributed by atoms with Crippen LogP contribution < -0.4 is 15.5 Å². The number of ether oxygens (including phenoxy) is 2. The molecule has 0 unspecified atom stereocenters. The first-order chi connectivity index (χ1) is 13.8. The van der Waals surface area contributed by atoms with Crippen molar-refractivity contribution in [1.82, 2.24) is 0 Å². The van der Waals surface area contributed by atoms with Crippen molar-refractivity contribution in [2.75, 3.05) is 13.7 Å². The zero-order chi connectivity index (χ0) is 19.1. The van der Waals surface area contributed by atoms with Crippen molar-refractivity contribution in [1.29, 1.82) is 0 Å². The average Bonchev–Trinajstić information content (AvgIpc) is 3.15. The van der Waals surface area contributed by atoms with Crippen molar-refractivity contribution < 1.29 is 9.47 Å². The Labute approximate surface area is 162 Å². The molecule has 0 bridgehead atoms. The van der Waals surface area contributed by atoms with E-state index in [1.165, 1.54) is 10.8 Å². The molecule has 0 radical (unpaired) electrons. The van der Waals surface area contributed by atoms with Crippen LogP contribution in [-0.4, -0.2) is 13.7 Å². The van der Waals surface area contributed by atoms with Crippen LogP contribution in [0.2, 0.25) is 0 Å². The minimum absolute atomic E-state index is 0.503. The zero-order valence-corrected chi connectivity index (χ0v) is 15.8. The van der Waals surface area contributed by atoms with Gasteiger partial charge < -0.3 is 9.47 Å². The molecule has 0 spiro atoms. The van der Waals surface area contributed by atoms with Crippen LogP contribution in [-0.2, 0) is 10.6 Å². The Morgan fingerprint density at radius 1 is 0.714 bits per heavy atom. The van der Waals surface area contributed by atoms with Crippen molar-refractivity contribution in [3.8, 4) is 5.75 Å². The number of nitrogens with zero attached hydrogens (tertiary/aromatic N) is 2. The van der Waals surface area contributed by atoms with Gasteiger partial charge in [-0.1, -0.05) is 48.5 Å². The van der Waals surface area contributed by atoms with Gasteiger partial charge in [-0.05, 0) is 42.0 Å². The smallest absolute Gasteiger partial charge is 0.285 e. The minimum Gasteiger partial charge on any atom is -0.497 e. The normalized spacial score (nSPS) is 14.5. The van der Waals surface area contributed by atoms with Gasteiger partial charge in [0.05, 0.1) is 17.8 Å². The maximum absolute atomic E-state index is 6.16. The van der Waals surface area contributed by atoms with Crippen molar-refractivity contribution in [2.24, 2.45) is 9.98 Å². The van der Waals surface area contributed by atoms with Gasteiger partial charge in [0.2, 0.25) is 0 Å². The molecular formula is C24H20N2O2. The molecule has 1 aliphatic rings. The van der Waals surface area contributed by atoms with Crippen LogP contribution in [0, 0.1) is 0 Å². The second-order valence-electron chi connectivity index (χ2n) is 6.78. The Bertz CT molecular complexity index is 1240. The predicted molar refractivity (Wildman–Crippen MR) is 110 cm³/mol. The second-order valence-corrected chi connectivity index (χ2v) is 6.78. The highest BCUT2D eigenvalue weighted by Crippen LogP contribution is 2.32. The summed E-state index contributed by atoms with van der Waals surface area (Å²) in [6.45, 7) is 2.47. The first-order valence-electron chi connectivity index (χ1n) is 9.43. The Balaban J connectivity index is 1.89. The molecule has 0 amide bonds. The average molecular weight is 368 g/mol. The molecule has 4 nitrogen and oxygen atoms in total. The lowest BCUT2D eigenvalue weighted by Crippen LogP contribution is -2.24. The molecule has 4 aromatic rings. The summed E-state index contributed by atoms with van der Waals surface area (Å²) < 4.78 is 11.5. The lowest BCUT2D eigenvalue weighted by Gasteiger charge is -2.23. The molecule has 4 aromatic carbocycles. The summed E-state index contributed by atoms with van der Waals surface area (Å²) in [6.07, 6.45) is 0. The fraction of sp³-hybridized carbons (Fsp3) is 0.167. The van der Waals surface area contributed by atoms with E-state index >= 15 is 0 Å². The van der Waals surface area contributed by atoms with E-state index in [2.05, 4.69) is 36.4 Å². The standard InChI is InChI=1S/C24H20N2O2/c1-3-28-24(16-12-14-17(27-2)15-13-16)25-22-20-10-6-4-8-18(20)19-9-5-7-11-21(19)23(22)26-24/h4-15H,3H2,1-2H3. The van der Waals surface area contributed by atoms with Crippen LogP contribution in [0.3, 0.4) is 0 Å². The van der Waals surface area contributed by atoms with Crippen LogP contribution in [0.25, 0.3) is 21.5 Å². The van der Waals surface area contributed by atoms with Crippen molar-refractivity contribution in [3.63, 3.8) is 0 Å². The van der Waals surface area contributed by atoms with Gasteiger partial charge in [-0.25, -0.2) is 9.98 Å². The van der Waals surface area contributed by atoms with E-state index in [4.69, 9.17) is 19.5 Å². The third-order valence-corrected chi connectivity index (χ3v) is 5.22. The molecule has 0 aromatic heterocycles. The van der Waals surface area contributed by atoms with Crippen LogP contribution >= 0.6 is 0 Å². The van der Waals surface area contributed by atoms with E-state index in [9.17, 15) is 0 Å². The van der Waals surface area contributed by atoms with Gasteiger partial charge in [-0.3, -0.25) is 0 Å². The van der Waals surface area contributed by atoms with Crippen LogP contribution in [0.1, 0.15) is 12.5 Å². The molecule has 0 atom stereocenters. The van der Waals surface area contributed by atoms with Gasteiger partial charge in [0, 0.05) is 22.9 Å². The number of benzene rings is 4. The van der Waals surface area contributed by atoms with E-state index < -0.39 is 5.85 Å². The second kappa shape index (κ2) is 6.43. The van der Waals surface area contributed by atoms with Gasteiger partial charge in [-0.15, -0.1) is 0 Å². The summed E-state index contributed by atoms with van der Waals surface area (Å²) >= 11 is 0. The SMILES string of the molecule is CCOC1(c2ccc(OC)cc2)N=c2c(c3ccccc3c3ccccc23)=N1. The summed E-state index contributed by atoms with van der Waals surface area (Å²) in [7, 11) is 1.66. The molecule has 0 N–H and O–H groups in total. The largest absolute Gasteiger partial charge is 0.497 e. The third-order valence-electron chi connectivity index (χ3n) is 5.22. The molecular weight excluding hydrogens is 348 g/mol. The Morgan fingerprint density at radius 2 is 1.21 bits per heavy atom. The number of hydrogen-bond acceptors (Lipinski definition) is 4. The molecule has 0 aliphatic carbocycles. The highest BCUT2D eigenvalue weighted by Gasteiger charge is 2.35. The molecule has 0 saturated heterocycles. The molecule has 1 aliphatic heterocycles. The Hall–Kier alpha value is -3.24. The quantitative estimate of drug-likeness (QED) is 0.509. The highest BCUT2D eigenvalue weighted by atomic mass is 16.5. The van der Waals surface area contributed by atoms with E-state index in [0.29, 0.717) is 6.61 Å². The maximum Gasteiger partial charge on any atom is 0.285 e. The van der Waals surface area contributed by atoms with Crippen molar-refractivity contribution in [3.05, 3.63) is 89.1 Å². The molecule has 4 heteroatoms. The van der Waals surface area contributed by atoms with Gasteiger partial charge in [0.1, 0.15) is 5.75 Å². The lowest BCUT2D eigenvalue weighted by atomic mass is 10.0.